The van der Waals surface area contributed by atoms with Crippen LogP contribution < -0.4 is 5.32 Å². The Bertz CT molecular complexity index is 445. The van der Waals surface area contributed by atoms with Crippen molar-refractivity contribution in [3.8, 4) is 0 Å². The monoisotopic (exact) mass is 295 g/mol. The van der Waals surface area contributed by atoms with Gasteiger partial charge in [-0.15, -0.1) is 0 Å². The van der Waals surface area contributed by atoms with E-state index >= 15 is 0 Å². The van der Waals surface area contributed by atoms with Crippen molar-refractivity contribution >= 4 is 22.4 Å². The smallest absolute Gasteiger partial charge is 0.362 e. The Labute approximate surface area is 113 Å². The third-order valence-corrected chi connectivity index (χ3v) is 3.46. The average Bonchev–Trinajstić information content (AvgIpc) is 2.65. The lowest BCUT2D eigenvalue weighted by Crippen LogP contribution is -2.38. The van der Waals surface area contributed by atoms with Crippen molar-refractivity contribution in [1.82, 2.24) is 9.88 Å². The number of aryl methyl sites for hydroxylation is 1. The molecule has 1 heterocycles. The van der Waals surface area contributed by atoms with Gasteiger partial charge < -0.3 is 10.2 Å². The van der Waals surface area contributed by atoms with Crippen LogP contribution in [0.25, 0.3) is 0 Å². The normalized spacial score (nSPS) is 11.5. The molecule has 1 amide bonds. The molecular weight excluding hydrogens is 279 g/mol. The first kappa shape index (κ1) is 15.7. The Balaban J connectivity index is 2.91. The lowest BCUT2D eigenvalue weighted by Gasteiger charge is -2.21. The molecular formula is C11H16F3N3OS. The predicted octanol–water partition coefficient (Wildman–Crippen LogP) is 2.91. The number of hydrogen-bond donors (Lipinski definition) is 1. The van der Waals surface area contributed by atoms with Gasteiger partial charge in [-0.25, -0.2) is 4.98 Å². The van der Waals surface area contributed by atoms with E-state index in [0.29, 0.717) is 17.4 Å². The highest BCUT2D eigenvalue weighted by molar-refractivity contribution is 7.17. The second kappa shape index (κ2) is 6.23. The van der Waals surface area contributed by atoms with Crippen LogP contribution in [0, 0.1) is 6.92 Å². The molecule has 0 atom stereocenters. The van der Waals surface area contributed by atoms with E-state index < -0.39 is 18.6 Å². The second-order valence-electron chi connectivity index (χ2n) is 3.90. The lowest BCUT2D eigenvalue weighted by atomic mass is 10.3. The van der Waals surface area contributed by atoms with Crippen molar-refractivity contribution in [3.05, 3.63) is 10.6 Å². The standard InChI is InChI=1S/C11H16F3N3OS/c1-4-15-10-16-7(3)8(19-10)9(18)17(5-2)6-11(12,13)14/h4-6H2,1-3H3,(H,15,16). The average molecular weight is 295 g/mol. The highest BCUT2D eigenvalue weighted by atomic mass is 32.1. The Morgan fingerprint density at radius 2 is 2.05 bits per heavy atom. The largest absolute Gasteiger partial charge is 0.406 e. The fourth-order valence-corrected chi connectivity index (χ4v) is 2.51. The molecule has 8 heteroatoms. The highest BCUT2D eigenvalue weighted by Crippen LogP contribution is 2.25. The minimum Gasteiger partial charge on any atom is -0.362 e. The molecule has 0 radical (unpaired) electrons. The molecule has 0 spiro atoms. The summed E-state index contributed by atoms with van der Waals surface area (Å²) in [6, 6.07) is 0. The molecule has 0 unspecified atom stereocenters. The molecule has 0 aliphatic heterocycles. The Hall–Kier alpha value is -1.31. The molecule has 1 rings (SSSR count). The van der Waals surface area contributed by atoms with Gasteiger partial charge in [-0.05, 0) is 20.8 Å². The van der Waals surface area contributed by atoms with E-state index in [1.54, 1.807) is 6.92 Å². The molecule has 0 aromatic carbocycles. The fourth-order valence-electron chi connectivity index (χ4n) is 1.51. The van der Waals surface area contributed by atoms with Crippen LogP contribution in [0.15, 0.2) is 0 Å². The molecule has 0 saturated heterocycles. The van der Waals surface area contributed by atoms with Gasteiger partial charge >= 0.3 is 6.18 Å². The SMILES string of the molecule is CCNc1nc(C)c(C(=O)N(CC)CC(F)(F)F)s1. The van der Waals surface area contributed by atoms with Gasteiger partial charge in [-0.3, -0.25) is 4.79 Å². The van der Waals surface area contributed by atoms with Crippen molar-refractivity contribution in [1.29, 1.82) is 0 Å². The minimum absolute atomic E-state index is 0.00617. The van der Waals surface area contributed by atoms with Crippen molar-refractivity contribution in [3.63, 3.8) is 0 Å². The van der Waals surface area contributed by atoms with E-state index in [1.807, 2.05) is 6.92 Å². The van der Waals surface area contributed by atoms with Crippen molar-refractivity contribution < 1.29 is 18.0 Å². The number of thiazole rings is 1. The highest BCUT2D eigenvalue weighted by Gasteiger charge is 2.33. The van der Waals surface area contributed by atoms with Gasteiger partial charge in [0.2, 0.25) is 0 Å². The van der Waals surface area contributed by atoms with Gasteiger partial charge in [0.1, 0.15) is 11.4 Å². The predicted molar refractivity (Wildman–Crippen MR) is 68.6 cm³/mol. The summed E-state index contributed by atoms with van der Waals surface area (Å²) in [5.41, 5.74) is 0.451. The van der Waals surface area contributed by atoms with Gasteiger partial charge in [0.25, 0.3) is 5.91 Å². The third-order valence-electron chi connectivity index (χ3n) is 2.36. The molecule has 0 saturated carbocycles. The number of carbonyl (C=O) groups excluding carboxylic acids is 1. The summed E-state index contributed by atoms with van der Waals surface area (Å²) in [5, 5.41) is 3.49. The molecule has 0 bridgehead atoms. The maximum absolute atomic E-state index is 12.4. The maximum atomic E-state index is 12.4. The number of anilines is 1. The summed E-state index contributed by atoms with van der Waals surface area (Å²) in [6.45, 7) is 4.42. The molecule has 0 aliphatic rings. The van der Waals surface area contributed by atoms with Gasteiger partial charge in [0.05, 0.1) is 5.69 Å². The molecule has 4 nitrogen and oxygen atoms in total. The summed E-state index contributed by atoms with van der Waals surface area (Å²) >= 11 is 1.08. The van der Waals surface area contributed by atoms with Crippen LogP contribution in [0.3, 0.4) is 0 Å². The Kier molecular flexibility index (Phi) is 5.16. The van der Waals surface area contributed by atoms with Crippen molar-refractivity contribution in [2.45, 2.75) is 26.9 Å². The van der Waals surface area contributed by atoms with Crippen LogP contribution in [-0.4, -0.2) is 41.6 Å². The third kappa shape index (κ3) is 4.38. The topological polar surface area (TPSA) is 45.2 Å². The first-order valence-electron chi connectivity index (χ1n) is 5.85. The number of nitrogens with one attached hydrogen (secondary N) is 1. The Morgan fingerprint density at radius 3 is 2.53 bits per heavy atom. The van der Waals surface area contributed by atoms with E-state index in [-0.39, 0.29) is 11.4 Å². The van der Waals surface area contributed by atoms with Gasteiger partial charge in [0.15, 0.2) is 5.13 Å². The summed E-state index contributed by atoms with van der Waals surface area (Å²) < 4.78 is 37.1. The first-order chi connectivity index (χ1) is 8.78. The molecule has 1 aromatic heterocycles. The van der Waals surface area contributed by atoms with E-state index in [0.717, 1.165) is 16.2 Å². The van der Waals surface area contributed by atoms with Crippen LogP contribution in [0.1, 0.15) is 29.2 Å². The molecule has 1 aromatic rings. The zero-order chi connectivity index (χ0) is 14.6. The molecule has 0 fully saturated rings. The van der Waals surface area contributed by atoms with Crippen molar-refractivity contribution in [2.75, 3.05) is 25.0 Å². The summed E-state index contributed by atoms with van der Waals surface area (Å²) in [4.78, 5) is 17.2. The van der Waals surface area contributed by atoms with Gasteiger partial charge in [0, 0.05) is 13.1 Å². The van der Waals surface area contributed by atoms with Crippen molar-refractivity contribution in [2.24, 2.45) is 0 Å². The number of amides is 1. The zero-order valence-electron chi connectivity index (χ0n) is 11.0. The first-order valence-corrected chi connectivity index (χ1v) is 6.67. The Morgan fingerprint density at radius 1 is 1.42 bits per heavy atom. The van der Waals surface area contributed by atoms with Crippen LogP contribution in [0.5, 0.6) is 0 Å². The number of rotatable bonds is 5. The summed E-state index contributed by atoms with van der Waals surface area (Å²) in [7, 11) is 0. The van der Waals surface area contributed by atoms with Crippen LogP contribution >= 0.6 is 11.3 Å². The van der Waals surface area contributed by atoms with Gasteiger partial charge in [-0.2, -0.15) is 13.2 Å². The minimum atomic E-state index is -4.39. The van der Waals surface area contributed by atoms with E-state index in [9.17, 15) is 18.0 Å². The molecule has 0 aliphatic carbocycles. The number of aromatic nitrogens is 1. The molecule has 19 heavy (non-hydrogen) atoms. The number of halogens is 3. The van der Waals surface area contributed by atoms with Crippen LogP contribution in [0.4, 0.5) is 18.3 Å². The second-order valence-corrected chi connectivity index (χ2v) is 4.90. The van der Waals surface area contributed by atoms with E-state index in [2.05, 4.69) is 10.3 Å². The summed E-state index contributed by atoms with van der Waals surface area (Å²) in [6.07, 6.45) is -4.39. The number of carbonyl (C=O) groups is 1. The number of nitrogens with zero attached hydrogens (tertiary/aromatic N) is 2. The van der Waals surface area contributed by atoms with Crippen LogP contribution in [-0.2, 0) is 0 Å². The van der Waals surface area contributed by atoms with Crippen LogP contribution in [0.2, 0.25) is 0 Å². The van der Waals surface area contributed by atoms with E-state index in [1.165, 1.54) is 6.92 Å². The van der Waals surface area contributed by atoms with Gasteiger partial charge in [-0.1, -0.05) is 11.3 Å². The number of hydrogen-bond acceptors (Lipinski definition) is 4. The molecule has 1 N–H and O–H groups in total. The number of alkyl halides is 3. The fraction of sp³-hybridized carbons (Fsp3) is 0.636. The zero-order valence-corrected chi connectivity index (χ0v) is 11.8. The molecule has 108 valence electrons. The lowest BCUT2D eigenvalue weighted by molar-refractivity contribution is -0.140. The van der Waals surface area contributed by atoms with E-state index in [4.69, 9.17) is 0 Å². The summed E-state index contributed by atoms with van der Waals surface area (Å²) in [5.74, 6) is -0.626. The maximum Gasteiger partial charge on any atom is 0.406 e. The quantitative estimate of drug-likeness (QED) is 0.908.